The number of piperidine rings is 1. The van der Waals surface area contributed by atoms with Crippen LogP contribution in [0.15, 0.2) is 0 Å². The van der Waals surface area contributed by atoms with Crippen molar-refractivity contribution in [2.45, 2.75) is 32.7 Å². The van der Waals surface area contributed by atoms with Gasteiger partial charge in [-0.3, -0.25) is 15.0 Å². The fourth-order valence-electron chi connectivity index (χ4n) is 2.41. The minimum atomic E-state index is -0.446. The lowest BCUT2D eigenvalue weighted by Crippen LogP contribution is -2.52. The van der Waals surface area contributed by atoms with Crippen molar-refractivity contribution < 1.29 is 9.59 Å². The van der Waals surface area contributed by atoms with Crippen LogP contribution in [0.2, 0.25) is 0 Å². The van der Waals surface area contributed by atoms with E-state index in [1.807, 2.05) is 6.92 Å². The standard InChI is InChI=1S/C13H26N4O2/c1-4-15-8-11-6-5-7-17(9-11)10(2)12(18)16-13(19)14-3/h10-11,15H,4-9H2,1-3H3,(H2,14,16,18,19). The molecule has 19 heavy (non-hydrogen) atoms. The van der Waals surface area contributed by atoms with Gasteiger partial charge in [0.15, 0.2) is 0 Å². The number of likely N-dealkylation sites (tertiary alicyclic amines) is 1. The molecule has 0 radical (unpaired) electrons. The van der Waals surface area contributed by atoms with Gasteiger partial charge in [-0.05, 0) is 45.3 Å². The first-order chi connectivity index (χ1) is 9.08. The monoisotopic (exact) mass is 270 g/mol. The van der Waals surface area contributed by atoms with Gasteiger partial charge < -0.3 is 10.6 Å². The second-order valence-corrected chi connectivity index (χ2v) is 5.06. The molecule has 1 saturated heterocycles. The SMILES string of the molecule is CCNCC1CCCN(C(C)C(=O)NC(=O)NC)C1. The topological polar surface area (TPSA) is 73.5 Å². The highest BCUT2D eigenvalue weighted by molar-refractivity contribution is 5.96. The molecule has 1 rings (SSSR count). The van der Waals surface area contributed by atoms with Gasteiger partial charge in [-0.25, -0.2) is 4.79 Å². The first-order valence-corrected chi connectivity index (χ1v) is 7.05. The van der Waals surface area contributed by atoms with Crippen molar-refractivity contribution in [2.24, 2.45) is 5.92 Å². The van der Waals surface area contributed by atoms with Crippen molar-refractivity contribution in [3.8, 4) is 0 Å². The summed E-state index contributed by atoms with van der Waals surface area (Å²) < 4.78 is 0. The summed E-state index contributed by atoms with van der Waals surface area (Å²) in [7, 11) is 1.50. The fraction of sp³-hybridized carbons (Fsp3) is 0.846. The summed E-state index contributed by atoms with van der Waals surface area (Å²) in [5.41, 5.74) is 0. The van der Waals surface area contributed by atoms with Gasteiger partial charge in [0.05, 0.1) is 6.04 Å². The van der Waals surface area contributed by atoms with E-state index in [4.69, 9.17) is 0 Å². The summed E-state index contributed by atoms with van der Waals surface area (Å²) in [5.74, 6) is 0.354. The molecule has 1 aliphatic heterocycles. The molecule has 0 aliphatic carbocycles. The van der Waals surface area contributed by atoms with Crippen LogP contribution in [0.1, 0.15) is 26.7 Å². The maximum Gasteiger partial charge on any atom is 0.321 e. The molecule has 1 heterocycles. The van der Waals surface area contributed by atoms with Crippen LogP contribution < -0.4 is 16.0 Å². The number of amides is 3. The number of hydrogen-bond donors (Lipinski definition) is 3. The molecular weight excluding hydrogens is 244 g/mol. The molecule has 3 amide bonds. The van der Waals surface area contributed by atoms with E-state index in [0.717, 1.165) is 32.6 Å². The van der Waals surface area contributed by atoms with Crippen LogP contribution in [0.25, 0.3) is 0 Å². The summed E-state index contributed by atoms with van der Waals surface area (Å²) >= 11 is 0. The number of urea groups is 1. The Morgan fingerprint density at radius 3 is 2.79 bits per heavy atom. The average molecular weight is 270 g/mol. The Morgan fingerprint density at radius 2 is 2.16 bits per heavy atom. The lowest BCUT2D eigenvalue weighted by Gasteiger charge is -2.36. The predicted molar refractivity (Wildman–Crippen MR) is 74.9 cm³/mol. The summed E-state index contributed by atoms with van der Waals surface area (Å²) in [4.78, 5) is 25.2. The highest BCUT2D eigenvalue weighted by Gasteiger charge is 2.27. The molecular formula is C13H26N4O2. The zero-order chi connectivity index (χ0) is 14.3. The molecule has 0 aromatic carbocycles. The number of carbonyl (C=O) groups excluding carboxylic acids is 2. The third-order valence-corrected chi connectivity index (χ3v) is 3.62. The second-order valence-electron chi connectivity index (χ2n) is 5.06. The van der Waals surface area contributed by atoms with Crippen LogP contribution in [-0.4, -0.2) is 56.1 Å². The Morgan fingerprint density at radius 1 is 1.42 bits per heavy atom. The van der Waals surface area contributed by atoms with Gasteiger partial charge in [-0.15, -0.1) is 0 Å². The van der Waals surface area contributed by atoms with E-state index in [0.29, 0.717) is 5.92 Å². The van der Waals surface area contributed by atoms with Crippen molar-refractivity contribution >= 4 is 11.9 Å². The van der Waals surface area contributed by atoms with Crippen LogP contribution >= 0.6 is 0 Å². The molecule has 1 aliphatic rings. The maximum atomic E-state index is 11.9. The molecule has 3 N–H and O–H groups in total. The summed E-state index contributed by atoms with van der Waals surface area (Å²) in [6, 6.07) is -0.709. The Labute approximate surface area is 115 Å². The van der Waals surface area contributed by atoms with E-state index < -0.39 is 6.03 Å². The van der Waals surface area contributed by atoms with Crippen LogP contribution in [0.3, 0.4) is 0 Å². The van der Waals surface area contributed by atoms with Gasteiger partial charge in [0.2, 0.25) is 5.91 Å². The van der Waals surface area contributed by atoms with E-state index in [9.17, 15) is 9.59 Å². The average Bonchev–Trinajstić information content (AvgIpc) is 2.44. The number of imide groups is 1. The molecule has 6 nitrogen and oxygen atoms in total. The van der Waals surface area contributed by atoms with Crippen molar-refractivity contribution in [1.82, 2.24) is 20.9 Å². The van der Waals surface area contributed by atoms with Gasteiger partial charge in [0.25, 0.3) is 0 Å². The Hall–Kier alpha value is -1.14. The van der Waals surface area contributed by atoms with Crippen molar-refractivity contribution in [1.29, 1.82) is 0 Å². The van der Waals surface area contributed by atoms with Crippen LogP contribution in [0, 0.1) is 5.92 Å². The largest absolute Gasteiger partial charge is 0.341 e. The quantitative estimate of drug-likeness (QED) is 0.665. The summed E-state index contributed by atoms with van der Waals surface area (Å²) in [5, 5.41) is 8.09. The zero-order valence-corrected chi connectivity index (χ0v) is 12.2. The van der Waals surface area contributed by atoms with Gasteiger partial charge >= 0.3 is 6.03 Å². The Bertz CT molecular complexity index is 309. The molecule has 1 fully saturated rings. The first kappa shape index (κ1) is 15.9. The highest BCUT2D eigenvalue weighted by Crippen LogP contribution is 2.17. The maximum absolute atomic E-state index is 11.9. The number of carbonyl (C=O) groups is 2. The number of nitrogens with one attached hydrogen (secondary N) is 3. The third-order valence-electron chi connectivity index (χ3n) is 3.62. The van der Waals surface area contributed by atoms with E-state index >= 15 is 0 Å². The Balaban J connectivity index is 2.44. The molecule has 2 unspecified atom stereocenters. The lowest BCUT2D eigenvalue weighted by molar-refractivity contribution is -0.125. The van der Waals surface area contributed by atoms with Crippen molar-refractivity contribution in [3.63, 3.8) is 0 Å². The minimum absolute atomic E-state index is 0.233. The van der Waals surface area contributed by atoms with Crippen molar-refractivity contribution in [3.05, 3.63) is 0 Å². The van der Waals surface area contributed by atoms with Gasteiger partial charge in [0.1, 0.15) is 0 Å². The highest BCUT2D eigenvalue weighted by atomic mass is 16.2. The van der Waals surface area contributed by atoms with Gasteiger partial charge in [-0.2, -0.15) is 0 Å². The minimum Gasteiger partial charge on any atom is -0.341 e. The van der Waals surface area contributed by atoms with Crippen LogP contribution in [0.5, 0.6) is 0 Å². The number of nitrogens with zero attached hydrogens (tertiary/aromatic N) is 1. The number of hydrogen-bond acceptors (Lipinski definition) is 4. The smallest absolute Gasteiger partial charge is 0.321 e. The molecule has 0 aromatic heterocycles. The van der Waals surface area contributed by atoms with E-state index in [1.54, 1.807) is 0 Å². The van der Waals surface area contributed by atoms with E-state index in [1.165, 1.54) is 13.5 Å². The van der Waals surface area contributed by atoms with E-state index in [2.05, 4.69) is 27.8 Å². The molecule has 6 heteroatoms. The molecule has 0 aromatic rings. The molecule has 0 bridgehead atoms. The van der Waals surface area contributed by atoms with Crippen LogP contribution in [-0.2, 0) is 4.79 Å². The molecule has 0 saturated carbocycles. The van der Waals surface area contributed by atoms with Crippen LogP contribution in [0.4, 0.5) is 4.79 Å². The first-order valence-electron chi connectivity index (χ1n) is 7.05. The lowest BCUT2D eigenvalue weighted by atomic mass is 9.96. The molecule has 2 atom stereocenters. The van der Waals surface area contributed by atoms with Gasteiger partial charge in [0, 0.05) is 13.6 Å². The summed E-state index contributed by atoms with van der Waals surface area (Å²) in [6.45, 7) is 7.76. The fourth-order valence-corrected chi connectivity index (χ4v) is 2.41. The zero-order valence-electron chi connectivity index (χ0n) is 12.2. The molecule has 110 valence electrons. The predicted octanol–water partition coefficient (Wildman–Crippen LogP) is 0.152. The van der Waals surface area contributed by atoms with Crippen molar-refractivity contribution in [2.75, 3.05) is 33.2 Å². The van der Waals surface area contributed by atoms with Gasteiger partial charge in [-0.1, -0.05) is 6.92 Å². The summed E-state index contributed by atoms with van der Waals surface area (Å²) in [6.07, 6.45) is 2.31. The van der Waals surface area contributed by atoms with E-state index in [-0.39, 0.29) is 11.9 Å². The molecule has 0 spiro atoms. The number of rotatable bonds is 5. The third kappa shape index (κ3) is 5.16. The second kappa shape index (κ2) is 8.12. The Kier molecular flexibility index (Phi) is 6.80. The normalized spacial score (nSPS) is 21.7.